The highest BCUT2D eigenvalue weighted by molar-refractivity contribution is 7.91. The van der Waals surface area contributed by atoms with Crippen LogP contribution in [0, 0.1) is 0 Å². The third-order valence-corrected chi connectivity index (χ3v) is 2.00. The quantitative estimate of drug-likeness (QED) is 0.413. The molecule has 0 aromatic rings. The second-order valence-electron chi connectivity index (χ2n) is 1.31. The first-order valence-electron chi connectivity index (χ1n) is 1.97. The maximum Gasteiger partial charge on any atom is 0.192 e. The molecule has 0 radical (unpaired) electrons. The van der Waals surface area contributed by atoms with E-state index in [9.17, 15) is 0 Å². The predicted molar refractivity (Wildman–Crippen MR) is 27.7 cm³/mol. The van der Waals surface area contributed by atoms with E-state index in [1.165, 1.54) is 0 Å². The molecular weight excluding hydrogens is 98.1 g/mol. The topological polar surface area (TPSA) is 32.3 Å². The van der Waals surface area contributed by atoms with Crippen LogP contribution in [0.4, 0.5) is 0 Å². The zero-order chi connectivity index (χ0) is 4.41. The lowest BCUT2D eigenvalue weighted by atomic mass is 10.8. The Morgan fingerprint density at radius 1 is 1.67 bits per heavy atom. The zero-order valence-electron chi connectivity index (χ0n) is 3.48. The van der Waals surface area contributed by atoms with Gasteiger partial charge in [-0.05, 0) is 0 Å². The minimum atomic E-state index is -0.284. The Hall–Kier alpha value is 0.270. The minimum absolute atomic E-state index is 0.284. The molecule has 1 rings (SSSR count). The Balaban J connectivity index is 2.18. The maximum absolute atomic E-state index is 8.69. The Morgan fingerprint density at radius 2 is 2.50 bits per heavy atom. The van der Waals surface area contributed by atoms with Crippen molar-refractivity contribution in [2.75, 3.05) is 18.2 Å². The van der Waals surface area contributed by atoms with Crippen molar-refractivity contribution in [2.45, 2.75) is 0 Å². The van der Waals surface area contributed by atoms with Gasteiger partial charge < -0.3 is 0 Å². The molecule has 0 bridgehead atoms. The Labute approximate surface area is 40.1 Å². The highest BCUT2D eigenvalue weighted by Gasteiger charge is 2.19. The molecule has 0 amide bonds. The highest BCUT2D eigenvalue weighted by Crippen LogP contribution is 1.91. The first-order chi connectivity index (χ1) is 2.89. The summed E-state index contributed by atoms with van der Waals surface area (Å²) in [5, 5.41) is 3.03. The molecule has 0 spiro atoms. The summed E-state index contributed by atoms with van der Waals surface area (Å²) in [7, 11) is 0. The van der Waals surface area contributed by atoms with Crippen molar-refractivity contribution in [3.05, 3.63) is 0 Å². The van der Waals surface area contributed by atoms with Gasteiger partial charge in [-0.15, -0.1) is 0 Å². The first-order valence-corrected chi connectivity index (χ1v) is 3.49. The molecule has 3 heteroatoms. The van der Waals surface area contributed by atoms with E-state index < -0.39 is 0 Å². The van der Waals surface area contributed by atoms with Crippen LogP contribution in [0.1, 0.15) is 0 Å². The maximum atomic E-state index is 8.69. The monoisotopic (exact) mass is 106 g/mol. The molecule has 1 unspecified atom stereocenters. The molecule has 1 saturated heterocycles. The Kier molecular flexibility index (Phi) is 1.34. The van der Waals surface area contributed by atoms with E-state index in [1.54, 1.807) is 0 Å². The van der Waals surface area contributed by atoms with Crippen LogP contribution >= 0.6 is 0 Å². The van der Waals surface area contributed by atoms with Crippen LogP contribution in [-0.4, -0.2) is 22.7 Å². The summed E-state index contributed by atoms with van der Waals surface area (Å²) >= 11 is -0.284. The standard InChI is InChI=1S/C3H8NOS/c5-6-2-1-4-3-6/h4-5H,1-3H2/q+1. The second-order valence-corrected chi connectivity index (χ2v) is 2.93. The fraction of sp³-hybridized carbons (Fsp3) is 1.00. The molecule has 1 aliphatic rings. The molecule has 0 aromatic heterocycles. The van der Waals surface area contributed by atoms with E-state index in [2.05, 4.69) is 5.32 Å². The number of rotatable bonds is 0. The SMILES string of the molecule is O[S+]1CCNC1. The molecule has 6 heavy (non-hydrogen) atoms. The molecule has 0 aliphatic carbocycles. The van der Waals surface area contributed by atoms with Gasteiger partial charge in [-0.1, -0.05) is 0 Å². The summed E-state index contributed by atoms with van der Waals surface area (Å²) in [4.78, 5) is 0. The minimum Gasteiger partial charge on any atom is -0.268 e. The first kappa shape index (κ1) is 4.43. The van der Waals surface area contributed by atoms with Crippen LogP contribution in [-0.2, 0) is 11.2 Å². The van der Waals surface area contributed by atoms with Crippen LogP contribution in [0.25, 0.3) is 0 Å². The lowest BCUT2D eigenvalue weighted by molar-refractivity contribution is 0.644. The molecule has 2 N–H and O–H groups in total. The average Bonchev–Trinajstić information content (AvgIpc) is 1.86. The Bertz CT molecular complexity index is 44.1. The van der Waals surface area contributed by atoms with Gasteiger partial charge in [-0.2, -0.15) is 4.55 Å². The van der Waals surface area contributed by atoms with Crippen molar-refractivity contribution >= 4 is 11.2 Å². The molecule has 1 aliphatic heterocycles. The molecular formula is C3H8NOS+. The number of nitrogens with one attached hydrogen (secondary N) is 1. The predicted octanol–water partition coefficient (Wildman–Crippen LogP) is -0.362. The smallest absolute Gasteiger partial charge is 0.192 e. The lowest BCUT2D eigenvalue weighted by Gasteiger charge is -1.77. The van der Waals surface area contributed by atoms with Crippen LogP contribution in [0.3, 0.4) is 0 Å². The summed E-state index contributed by atoms with van der Waals surface area (Å²) in [6, 6.07) is 0. The van der Waals surface area contributed by atoms with Gasteiger partial charge in [0.2, 0.25) is 0 Å². The van der Waals surface area contributed by atoms with E-state index in [0.29, 0.717) is 0 Å². The summed E-state index contributed by atoms with van der Waals surface area (Å²) < 4.78 is 8.69. The molecule has 0 saturated carbocycles. The zero-order valence-corrected chi connectivity index (χ0v) is 4.29. The van der Waals surface area contributed by atoms with Gasteiger partial charge in [0.15, 0.2) is 22.8 Å². The van der Waals surface area contributed by atoms with Gasteiger partial charge >= 0.3 is 0 Å². The summed E-state index contributed by atoms with van der Waals surface area (Å²) in [5.74, 6) is 1.78. The van der Waals surface area contributed by atoms with E-state index in [4.69, 9.17) is 4.55 Å². The third kappa shape index (κ3) is 0.864. The number of hydrogen-bond acceptors (Lipinski definition) is 2. The van der Waals surface area contributed by atoms with Gasteiger partial charge in [-0.25, -0.2) is 0 Å². The van der Waals surface area contributed by atoms with Crippen LogP contribution in [0.5, 0.6) is 0 Å². The van der Waals surface area contributed by atoms with Gasteiger partial charge in [-0.3, -0.25) is 5.32 Å². The third-order valence-electron chi connectivity index (χ3n) is 0.783. The van der Waals surface area contributed by atoms with Crippen LogP contribution < -0.4 is 5.32 Å². The highest BCUT2D eigenvalue weighted by atomic mass is 32.2. The number of hydrogen-bond donors (Lipinski definition) is 2. The fourth-order valence-corrected chi connectivity index (χ4v) is 1.36. The molecule has 1 heterocycles. The fourth-order valence-electron chi connectivity index (χ4n) is 0.452. The van der Waals surface area contributed by atoms with Crippen molar-refractivity contribution in [2.24, 2.45) is 0 Å². The van der Waals surface area contributed by atoms with Crippen molar-refractivity contribution in [3.63, 3.8) is 0 Å². The van der Waals surface area contributed by atoms with Gasteiger partial charge in [0.25, 0.3) is 0 Å². The molecule has 2 nitrogen and oxygen atoms in total. The van der Waals surface area contributed by atoms with E-state index in [1.807, 2.05) is 0 Å². The largest absolute Gasteiger partial charge is 0.268 e. The van der Waals surface area contributed by atoms with Crippen LogP contribution in [0.2, 0.25) is 0 Å². The van der Waals surface area contributed by atoms with Crippen molar-refractivity contribution in [1.29, 1.82) is 0 Å². The van der Waals surface area contributed by atoms with E-state index in [0.717, 1.165) is 18.2 Å². The van der Waals surface area contributed by atoms with Crippen LogP contribution in [0.15, 0.2) is 0 Å². The molecule has 0 aromatic carbocycles. The summed E-state index contributed by atoms with van der Waals surface area (Å²) in [6.07, 6.45) is 0. The van der Waals surface area contributed by atoms with Crippen molar-refractivity contribution in [3.8, 4) is 0 Å². The molecule has 1 fully saturated rings. The average molecular weight is 106 g/mol. The van der Waals surface area contributed by atoms with E-state index >= 15 is 0 Å². The second kappa shape index (κ2) is 1.82. The summed E-state index contributed by atoms with van der Waals surface area (Å²) in [6.45, 7) is 1.000. The summed E-state index contributed by atoms with van der Waals surface area (Å²) in [5.41, 5.74) is 0. The van der Waals surface area contributed by atoms with E-state index in [-0.39, 0.29) is 11.2 Å². The van der Waals surface area contributed by atoms with Crippen molar-refractivity contribution < 1.29 is 4.55 Å². The van der Waals surface area contributed by atoms with Gasteiger partial charge in [0, 0.05) is 6.54 Å². The van der Waals surface area contributed by atoms with Gasteiger partial charge in [0.1, 0.15) is 0 Å². The molecule has 36 valence electrons. The Morgan fingerprint density at radius 3 is 2.67 bits per heavy atom. The molecule has 1 atom stereocenters. The lowest BCUT2D eigenvalue weighted by Crippen LogP contribution is -2.07. The van der Waals surface area contributed by atoms with Gasteiger partial charge in [0.05, 0.1) is 0 Å². The normalized spacial score (nSPS) is 34.5. The van der Waals surface area contributed by atoms with Crippen molar-refractivity contribution in [1.82, 2.24) is 5.32 Å².